The Labute approximate surface area is 180 Å². The lowest BCUT2D eigenvalue weighted by molar-refractivity contribution is 0.414. The van der Waals surface area contributed by atoms with Crippen LogP contribution in [-0.4, -0.2) is 31.6 Å². The maximum absolute atomic E-state index is 11.9. The van der Waals surface area contributed by atoms with Crippen LogP contribution in [-0.2, 0) is 13.5 Å². The number of H-pyrrole nitrogens is 1. The second-order valence-electron chi connectivity index (χ2n) is 7.12. The van der Waals surface area contributed by atoms with Crippen LogP contribution in [0.4, 0.5) is 5.82 Å². The van der Waals surface area contributed by atoms with Crippen molar-refractivity contribution in [1.82, 2.24) is 24.5 Å². The van der Waals surface area contributed by atoms with E-state index in [1.165, 1.54) is 6.07 Å². The van der Waals surface area contributed by atoms with Gasteiger partial charge in [0.25, 0.3) is 5.56 Å². The lowest BCUT2D eigenvalue weighted by Gasteiger charge is -2.20. The highest BCUT2D eigenvalue weighted by molar-refractivity contribution is 5.56. The lowest BCUT2D eigenvalue weighted by Crippen LogP contribution is -2.17. The number of aromatic nitrogens is 5. The number of rotatable bonds is 7. The molecular formula is C23H24N6O2. The topological polar surface area (TPSA) is 97.7 Å². The van der Waals surface area contributed by atoms with Crippen molar-refractivity contribution in [2.24, 2.45) is 7.05 Å². The smallest absolute Gasteiger partial charge is 0.251 e. The third-order valence-corrected chi connectivity index (χ3v) is 5.03. The molecule has 0 saturated heterocycles. The monoisotopic (exact) mass is 416 g/mol. The minimum absolute atomic E-state index is 0.170. The van der Waals surface area contributed by atoms with Gasteiger partial charge in [-0.1, -0.05) is 19.1 Å². The average molecular weight is 416 g/mol. The van der Waals surface area contributed by atoms with Gasteiger partial charge in [0, 0.05) is 43.0 Å². The van der Waals surface area contributed by atoms with Crippen LogP contribution in [0.15, 0.2) is 65.8 Å². The predicted octanol–water partition coefficient (Wildman–Crippen LogP) is 3.34. The molecular weight excluding hydrogens is 392 g/mol. The number of imidazole rings is 1. The van der Waals surface area contributed by atoms with E-state index in [2.05, 4.69) is 25.3 Å². The molecule has 0 aliphatic rings. The summed E-state index contributed by atoms with van der Waals surface area (Å²) in [5.41, 5.74) is 2.32. The first-order chi connectivity index (χ1) is 15.1. The number of hydrogen-bond donors (Lipinski definition) is 2. The molecule has 31 heavy (non-hydrogen) atoms. The summed E-state index contributed by atoms with van der Waals surface area (Å²) < 4.78 is 7.36. The Morgan fingerprint density at radius 1 is 1.19 bits per heavy atom. The number of hydrogen-bond acceptors (Lipinski definition) is 6. The average Bonchev–Trinajstić information content (AvgIpc) is 3.23. The summed E-state index contributed by atoms with van der Waals surface area (Å²) in [7, 11) is 3.60. The highest BCUT2D eigenvalue weighted by atomic mass is 16.5. The van der Waals surface area contributed by atoms with E-state index < -0.39 is 0 Å². The van der Waals surface area contributed by atoms with Gasteiger partial charge in [0.1, 0.15) is 29.3 Å². The fourth-order valence-electron chi connectivity index (χ4n) is 3.37. The SMILES string of the molecule is CCc1cc(=O)[nH]c(-c2ccc(NC(c3cccc(OC)c3)c3nccn3C)nc2)n1. The number of benzene rings is 1. The van der Waals surface area contributed by atoms with Crippen LogP contribution in [0.2, 0.25) is 0 Å². The van der Waals surface area contributed by atoms with Crippen LogP contribution in [0.25, 0.3) is 11.4 Å². The van der Waals surface area contributed by atoms with Gasteiger partial charge in [-0.25, -0.2) is 15.0 Å². The Morgan fingerprint density at radius 2 is 2.06 bits per heavy atom. The van der Waals surface area contributed by atoms with E-state index in [1.54, 1.807) is 19.5 Å². The number of nitrogens with one attached hydrogen (secondary N) is 2. The van der Waals surface area contributed by atoms with Crippen LogP contribution in [0, 0.1) is 0 Å². The highest BCUT2D eigenvalue weighted by Gasteiger charge is 2.19. The van der Waals surface area contributed by atoms with Crippen LogP contribution >= 0.6 is 0 Å². The maximum atomic E-state index is 11.9. The molecule has 8 nitrogen and oxygen atoms in total. The van der Waals surface area contributed by atoms with Gasteiger partial charge >= 0.3 is 0 Å². The molecule has 8 heteroatoms. The molecule has 1 unspecified atom stereocenters. The first-order valence-corrected chi connectivity index (χ1v) is 10.0. The molecule has 0 aliphatic heterocycles. The molecule has 0 amide bonds. The van der Waals surface area contributed by atoms with Crippen molar-refractivity contribution in [3.63, 3.8) is 0 Å². The predicted molar refractivity (Wildman–Crippen MR) is 119 cm³/mol. The Balaban J connectivity index is 1.65. The number of methoxy groups -OCH3 is 1. The van der Waals surface area contributed by atoms with E-state index >= 15 is 0 Å². The zero-order valence-electron chi connectivity index (χ0n) is 17.7. The molecule has 3 heterocycles. The van der Waals surface area contributed by atoms with Crippen LogP contribution in [0.5, 0.6) is 5.75 Å². The zero-order valence-corrected chi connectivity index (χ0v) is 17.7. The Kier molecular flexibility index (Phi) is 5.79. The molecule has 4 rings (SSSR count). The van der Waals surface area contributed by atoms with E-state index in [0.717, 1.165) is 28.4 Å². The third kappa shape index (κ3) is 4.48. The number of ether oxygens (including phenoxy) is 1. The first kappa shape index (κ1) is 20.3. The summed E-state index contributed by atoms with van der Waals surface area (Å²) in [5, 5.41) is 3.46. The fourth-order valence-corrected chi connectivity index (χ4v) is 3.37. The normalized spacial score (nSPS) is 11.8. The maximum Gasteiger partial charge on any atom is 0.251 e. The molecule has 0 aliphatic carbocycles. The summed E-state index contributed by atoms with van der Waals surface area (Å²) in [6, 6.07) is 12.9. The Morgan fingerprint density at radius 3 is 2.74 bits per heavy atom. The molecule has 158 valence electrons. The zero-order chi connectivity index (χ0) is 21.8. The van der Waals surface area contributed by atoms with Crippen molar-refractivity contribution in [2.45, 2.75) is 19.4 Å². The summed E-state index contributed by atoms with van der Waals surface area (Å²) in [6.07, 6.45) is 6.06. The minimum atomic E-state index is -0.227. The first-order valence-electron chi connectivity index (χ1n) is 10.0. The van der Waals surface area contributed by atoms with E-state index in [9.17, 15) is 4.79 Å². The number of aryl methyl sites for hydroxylation is 2. The molecule has 0 bridgehead atoms. The fraction of sp³-hybridized carbons (Fsp3) is 0.217. The van der Waals surface area contributed by atoms with Crippen LogP contribution < -0.4 is 15.6 Å². The van der Waals surface area contributed by atoms with Crippen molar-refractivity contribution in [1.29, 1.82) is 0 Å². The number of nitrogens with zero attached hydrogens (tertiary/aromatic N) is 4. The number of pyridine rings is 1. The molecule has 0 radical (unpaired) electrons. The molecule has 1 atom stereocenters. The van der Waals surface area contributed by atoms with Crippen molar-refractivity contribution in [2.75, 3.05) is 12.4 Å². The molecule has 3 aromatic heterocycles. The molecule has 1 aromatic carbocycles. The minimum Gasteiger partial charge on any atom is -0.497 e. The molecule has 4 aromatic rings. The van der Waals surface area contributed by atoms with E-state index in [-0.39, 0.29) is 11.6 Å². The van der Waals surface area contributed by atoms with Gasteiger partial charge in [-0.05, 0) is 36.2 Å². The van der Waals surface area contributed by atoms with Gasteiger partial charge in [0.2, 0.25) is 0 Å². The highest BCUT2D eigenvalue weighted by Crippen LogP contribution is 2.28. The molecule has 2 N–H and O–H groups in total. The van der Waals surface area contributed by atoms with Crippen molar-refractivity contribution < 1.29 is 4.74 Å². The van der Waals surface area contributed by atoms with Gasteiger partial charge < -0.3 is 19.6 Å². The van der Waals surface area contributed by atoms with E-state index in [1.807, 2.05) is 61.1 Å². The molecule has 0 spiro atoms. The number of aromatic amines is 1. The quantitative estimate of drug-likeness (QED) is 0.480. The molecule has 0 saturated carbocycles. The van der Waals surface area contributed by atoms with Crippen LogP contribution in [0.1, 0.15) is 30.0 Å². The van der Waals surface area contributed by atoms with Crippen molar-refractivity contribution in [3.05, 3.63) is 88.5 Å². The summed E-state index contributed by atoms with van der Waals surface area (Å²) in [6.45, 7) is 1.97. The Bertz CT molecular complexity index is 1230. The Hall–Kier alpha value is -3.94. The van der Waals surface area contributed by atoms with Crippen LogP contribution in [0.3, 0.4) is 0 Å². The summed E-state index contributed by atoms with van der Waals surface area (Å²) in [5.74, 6) is 2.80. The third-order valence-electron chi connectivity index (χ3n) is 5.03. The standard InChI is InChI=1S/C23H24N6O2/c1-4-17-13-20(30)28-22(26-17)16-8-9-19(25-14-16)27-21(23-24-10-11-29(23)2)15-6-5-7-18(12-15)31-3/h5-14,21H,4H2,1-3H3,(H,25,27)(H,26,28,30). The van der Waals surface area contributed by atoms with Crippen molar-refractivity contribution >= 4 is 5.82 Å². The lowest BCUT2D eigenvalue weighted by atomic mass is 10.1. The summed E-state index contributed by atoms with van der Waals surface area (Å²) >= 11 is 0. The number of anilines is 1. The second-order valence-corrected chi connectivity index (χ2v) is 7.12. The van der Waals surface area contributed by atoms with E-state index in [4.69, 9.17) is 4.74 Å². The van der Waals surface area contributed by atoms with Crippen molar-refractivity contribution in [3.8, 4) is 17.1 Å². The van der Waals surface area contributed by atoms with Gasteiger partial charge in [0.15, 0.2) is 0 Å². The van der Waals surface area contributed by atoms with Gasteiger partial charge in [0.05, 0.1) is 7.11 Å². The van der Waals surface area contributed by atoms with Gasteiger partial charge in [-0.15, -0.1) is 0 Å². The second kappa shape index (κ2) is 8.83. The van der Waals surface area contributed by atoms with Gasteiger partial charge in [-0.3, -0.25) is 4.79 Å². The summed E-state index contributed by atoms with van der Waals surface area (Å²) in [4.78, 5) is 28.2. The largest absolute Gasteiger partial charge is 0.497 e. The molecule has 0 fully saturated rings. The van der Waals surface area contributed by atoms with Gasteiger partial charge in [-0.2, -0.15) is 0 Å². The van der Waals surface area contributed by atoms with E-state index in [0.29, 0.717) is 18.1 Å².